The number of nitrogens with one attached hydrogen (secondary N) is 2. The van der Waals surface area contributed by atoms with Gasteiger partial charge in [0.15, 0.2) is 5.96 Å². The number of guanidine groups is 1. The van der Waals surface area contributed by atoms with Crippen LogP contribution in [0.1, 0.15) is 52.4 Å². The summed E-state index contributed by atoms with van der Waals surface area (Å²) in [4.78, 5) is 28.9. The lowest BCUT2D eigenvalue weighted by molar-refractivity contribution is -0.147. The van der Waals surface area contributed by atoms with Crippen LogP contribution in [0.5, 0.6) is 0 Å². The lowest BCUT2D eigenvalue weighted by Crippen LogP contribution is -2.46. The molecular formula is C16H30N4O2. The molecule has 1 fully saturated rings. The predicted molar refractivity (Wildman–Crippen MR) is 88.6 cm³/mol. The number of rotatable bonds is 8. The number of hydrogen-bond donors (Lipinski definition) is 2. The molecule has 0 unspecified atom stereocenters. The SMILES string of the molecule is CN=C(NCCCCC(C)C)NCCN1C(=O)CCCC1=O. The minimum atomic E-state index is -0.0605. The van der Waals surface area contributed by atoms with Crippen molar-refractivity contribution in [1.29, 1.82) is 0 Å². The number of nitrogens with zero attached hydrogens (tertiary/aromatic N) is 2. The number of likely N-dealkylation sites (tertiary alicyclic amines) is 1. The smallest absolute Gasteiger partial charge is 0.229 e. The standard InChI is InChI=1S/C16H30N4O2/c1-13(2)7-4-5-10-18-16(17-3)19-11-12-20-14(21)8-6-9-15(20)22/h13H,4-12H2,1-3H3,(H2,17,18,19). The molecule has 0 aromatic heterocycles. The number of piperidine rings is 1. The fraction of sp³-hybridized carbons (Fsp3) is 0.812. The summed E-state index contributed by atoms with van der Waals surface area (Å²) < 4.78 is 0. The van der Waals surface area contributed by atoms with E-state index in [-0.39, 0.29) is 11.8 Å². The largest absolute Gasteiger partial charge is 0.356 e. The number of unbranched alkanes of at least 4 members (excludes halogenated alkanes) is 1. The quantitative estimate of drug-likeness (QED) is 0.308. The fourth-order valence-corrected chi connectivity index (χ4v) is 2.44. The molecule has 0 spiro atoms. The zero-order valence-corrected chi connectivity index (χ0v) is 14.2. The number of carbonyl (C=O) groups is 2. The Bertz CT molecular complexity index is 378. The second-order valence-electron chi connectivity index (χ2n) is 6.11. The third-order valence-electron chi connectivity index (χ3n) is 3.74. The van der Waals surface area contributed by atoms with E-state index >= 15 is 0 Å². The van der Waals surface area contributed by atoms with E-state index in [0.29, 0.717) is 32.4 Å². The van der Waals surface area contributed by atoms with Gasteiger partial charge in [-0.15, -0.1) is 0 Å². The molecule has 1 heterocycles. The molecule has 2 amide bonds. The first-order chi connectivity index (χ1) is 10.5. The van der Waals surface area contributed by atoms with Crippen molar-refractivity contribution in [1.82, 2.24) is 15.5 Å². The number of aliphatic imine (C=N–C) groups is 1. The van der Waals surface area contributed by atoms with Crippen LogP contribution in [-0.4, -0.2) is 49.4 Å². The van der Waals surface area contributed by atoms with Gasteiger partial charge in [0.05, 0.1) is 0 Å². The van der Waals surface area contributed by atoms with Crippen molar-refractivity contribution in [2.45, 2.75) is 52.4 Å². The zero-order valence-electron chi connectivity index (χ0n) is 14.2. The van der Waals surface area contributed by atoms with Crippen molar-refractivity contribution in [2.24, 2.45) is 10.9 Å². The summed E-state index contributed by atoms with van der Waals surface area (Å²) in [5.74, 6) is 1.35. The molecule has 1 aliphatic heterocycles. The van der Waals surface area contributed by atoms with Gasteiger partial charge in [-0.2, -0.15) is 0 Å². The average molecular weight is 310 g/mol. The van der Waals surface area contributed by atoms with Crippen molar-refractivity contribution in [3.05, 3.63) is 0 Å². The van der Waals surface area contributed by atoms with E-state index in [9.17, 15) is 9.59 Å². The van der Waals surface area contributed by atoms with E-state index in [4.69, 9.17) is 0 Å². The summed E-state index contributed by atoms with van der Waals surface area (Å²) in [5, 5.41) is 6.40. The highest BCUT2D eigenvalue weighted by Crippen LogP contribution is 2.11. The van der Waals surface area contributed by atoms with E-state index in [1.54, 1.807) is 7.05 Å². The Hall–Kier alpha value is -1.59. The maximum absolute atomic E-state index is 11.7. The van der Waals surface area contributed by atoms with Crippen molar-refractivity contribution in [3.8, 4) is 0 Å². The van der Waals surface area contributed by atoms with Gasteiger partial charge in [-0.25, -0.2) is 0 Å². The Kier molecular flexibility index (Phi) is 8.55. The molecule has 22 heavy (non-hydrogen) atoms. The highest BCUT2D eigenvalue weighted by Gasteiger charge is 2.25. The van der Waals surface area contributed by atoms with Crippen LogP contribution < -0.4 is 10.6 Å². The fourth-order valence-electron chi connectivity index (χ4n) is 2.44. The molecule has 6 nitrogen and oxygen atoms in total. The molecule has 0 aliphatic carbocycles. The van der Waals surface area contributed by atoms with Gasteiger partial charge in [-0.3, -0.25) is 19.5 Å². The van der Waals surface area contributed by atoms with Crippen LogP contribution in [0.4, 0.5) is 0 Å². The third kappa shape index (κ3) is 6.91. The van der Waals surface area contributed by atoms with Crippen LogP contribution in [0, 0.1) is 5.92 Å². The Morgan fingerprint density at radius 3 is 2.36 bits per heavy atom. The summed E-state index contributed by atoms with van der Waals surface area (Å²) in [5.41, 5.74) is 0. The topological polar surface area (TPSA) is 73.8 Å². The van der Waals surface area contributed by atoms with Crippen molar-refractivity contribution >= 4 is 17.8 Å². The minimum Gasteiger partial charge on any atom is -0.356 e. The molecule has 1 saturated heterocycles. The molecule has 1 rings (SSSR count). The molecule has 6 heteroatoms. The van der Waals surface area contributed by atoms with E-state index in [0.717, 1.165) is 24.8 Å². The first-order valence-corrected chi connectivity index (χ1v) is 8.32. The molecule has 0 aromatic rings. The maximum Gasteiger partial charge on any atom is 0.229 e. The molecule has 0 aromatic carbocycles. The number of hydrogen-bond acceptors (Lipinski definition) is 3. The monoisotopic (exact) mass is 310 g/mol. The van der Waals surface area contributed by atoms with Gasteiger partial charge in [-0.1, -0.05) is 26.7 Å². The van der Waals surface area contributed by atoms with Gasteiger partial charge in [0.1, 0.15) is 0 Å². The Balaban J connectivity index is 2.18. The van der Waals surface area contributed by atoms with Crippen molar-refractivity contribution < 1.29 is 9.59 Å². The van der Waals surface area contributed by atoms with Crippen molar-refractivity contribution in [2.75, 3.05) is 26.7 Å². The molecule has 0 saturated carbocycles. The van der Waals surface area contributed by atoms with Gasteiger partial charge in [0.2, 0.25) is 11.8 Å². The maximum atomic E-state index is 11.7. The second-order valence-corrected chi connectivity index (χ2v) is 6.11. The van der Waals surface area contributed by atoms with Crippen LogP contribution >= 0.6 is 0 Å². The van der Waals surface area contributed by atoms with Gasteiger partial charge in [0, 0.05) is 39.5 Å². The summed E-state index contributed by atoms with van der Waals surface area (Å²) >= 11 is 0. The van der Waals surface area contributed by atoms with Crippen molar-refractivity contribution in [3.63, 3.8) is 0 Å². The molecule has 126 valence electrons. The van der Waals surface area contributed by atoms with Gasteiger partial charge in [-0.05, 0) is 18.8 Å². The number of amides is 2. The van der Waals surface area contributed by atoms with Crippen LogP contribution in [-0.2, 0) is 9.59 Å². The van der Waals surface area contributed by atoms with Crippen LogP contribution in [0.15, 0.2) is 4.99 Å². The number of imide groups is 1. The van der Waals surface area contributed by atoms with E-state index < -0.39 is 0 Å². The third-order valence-corrected chi connectivity index (χ3v) is 3.74. The summed E-state index contributed by atoms with van der Waals surface area (Å²) in [6, 6.07) is 0. The highest BCUT2D eigenvalue weighted by molar-refractivity contribution is 5.97. The first-order valence-electron chi connectivity index (χ1n) is 8.32. The molecular weight excluding hydrogens is 280 g/mol. The highest BCUT2D eigenvalue weighted by atomic mass is 16.2. The predicted octanol–water partition coefficient (Wildman–Crippen LogP) is 1.52. The van der Waals surface area contributed by atoms with E-state index in [2.05, 4.69) is 29.5 Å². The Morgan fingerprint density at radius 2 is 1.77 bits per heavy atom. The zero-order chi connectivity index (χ0) is 16.4. The van der Waals surface area contributed by atoms with Gasteiger partial charge < -0.3 is 10.6 Å². The molecule has 0 bridgehead atoms. The minimum absolute atomic E-state index is 0.0605. The molecule has 2 N–H and O–H groups in total. The lowest BCUT2D eigenvalue weighted by Gasteiger charge is -2.25. The van der Waals surface area contributed by atoms with Gasteiger partial charge >= 0.3 is 0 Å². The molecule has 0 radical (unpaired) electrons. The lowest BCUT2D eigenvalue weighted by atomic mass is 10.1. The van der Waals surface area contributed by atoms with E-state index in [1.165, 1.54) is 17.7 Å². The summed E-state index contributed by atoms with van der Waals surface area (Å²) in [7, 11) is 1.72. The van der Waals surface area contributed by atoms with E-state index in [1.807, 2.05) is 0 Å². The first kappa shape index (κ1) is 18.5. The second kappa shape index (κ2) is 10.2. The molecule has 0 atom stereocenters. The van der Waals surface area contributed by atoms with Gasteiger partial charge in [0.25, 0.3) is 0 Å². The number of carbonyl (C=O) groups excluding carboxylic acids is 2. The normalized spacial score (nSPS) is 16.4. The Labute approximate surface area is 133 Å². The van der Waals surface area contributed by atoms with Crippen LogP contribution in [0.2, 0.25) is 0 Å². The average Bonchev–Trinajstić information content (AvgIpc) is 2.47. The molecule has 1 aliphatic rings. The van der Waals surface area contributed by atoms with Crippen LogP contribution in [0.25, 0.3) is 0 Å². The summed E-state index contributed by atoms with van der Waals surface area (Å²) in [6.07, 6.45) is 5.21. The van der Waals surface area contributed by atoms with Crippen LogP contribution in [0.3, 0.4) is 0 Å². The Morgan fingerprint density at radius 1 is 1.14 bits per heavy atom. The summed E-state index contributed by atoms with van der Waals surface area (Å²) in [6.45, 7) is 6.29.